The highest BCUT2D eigenvalue weighted by atomic mass is 32.2. The molecule has 1 aromatic carbocycles. The molecule has 0 aliphatic heterocycles. The Balaban J connectivity index is 2.90. The predicted octanol–water partition coefficient (Wildman–Crippen LogP) is 1.01. The molecule has 3 N–H and O–H groups in total. The molecule has 0 spiro atoms. The van der Waals surface area contributed by atoms with E-state index in [-0.39, 0.29) is 11.7 Å². The third kappa shape index (κ3) is 5.31. The maximum atomic E-state index is 13.1. The van der Waals surface area contributed by atoms with E-state index in [1.165, 1.54) is 6.92 Å². The van der Waals surface area contributed by atoms with E-state index in [1.54, 1.807) is 0 Å². The van der Waals surface area contributed by atoms with Gasteiger partial charge in [0.05, 0.1) is 0 Å². The first-order valence-electron chi connectivity index (χ1n) is 6.38. The standard InChI is InChI=1S/C13H19FN2O4S/c1-8(2)7-16-13(17)9(3)20-11-5-4-10(14)6-12(11)21(15,18)19/h4-6,8-9H,7H2,1-3H3,(H,16,17)(H2,15,18,19). The molecule has 1 aromatic rings. The summed E-state index contributed by atoms with van der Waals surface area (Å²) in [6.07, 6.45) is -0.935. The van der Waals surface area contributed by atoms with E-state index in [2.05, 4.69) is 5.32 Å². The second kappa shape index (κ2) is 6.86. The summed E-state index contributed by atoms with van der Waals surface area (Å²) in [4.78, 5) is 11.3. The van der Waals surface area contributed by atoms with E-state index in [4.69, 9.17) is 9.88 Å². The van der Waals surface area contributed by atoms with Crippen molar-refractivity contribution < 1.29 is 22.3 Å². The van der Waals surface area contributed by atoms with Crippen molar-refractivity contribution in [2.75, 3.05) is 6.54 Å². The maximum absolute atomic E-state index is 13.1. The number of rotatable bonds is 6. The zero-order valence-electron chi connectivity index (χ0n) is 12.1. The summed E-state index contributed by atoms with van der Waals surface area (Å²) < 4.78 is 41.2. The summed E-state index contributed by atoms with van der Waals surface area (Å²) in [5.41, 5.74) is 0. The number of carbonyl (C=O) groups excluding carboxylic acids is 1. The first-order valence-corrected chi connectivity index (χ1v) is 7.92. The van der Waals surface area contributed by atoms with Crippen LogP contribution in [0.1, 0.15) is 20.8 Å². The van der Waals surface area contributed by atoms with Gasteiger partial charge in [-0.05, 0) is 31.0 Å². The van der Waals surface area contributed by atoms with Crippen molar-refractivity contribution in [3.8, 4) is 5.75 Å². The molecule has 0 aromatic heterocycles. The number of sulfonamides is 1. The normalized spacial score (nSPS) is 13.0. The lowest BCUT2D eigenvalue weighted by molar-refractivity contribution is -0.127. The summed E-state index contributed by atoms with van der Waals surface area (Å²) >= 11 is 0. The summed E-state index contributed by atoms with van der Waals surface area (Å²) in [5.74, 6) is -1.05. The molecular formula is C13H19FN2O4S. The number of ether oxygens (including phenoxy) is 1. The molecule has 0 aliphatic carbocycles. The number of benzene rings is 1. The van der Waals surface area contributed by atoms with Crippen LogP contribution < -0.4 is 15.2 Å². The van der Waals surface area contributed by atoms with Gasteiger partial charge in [0.2, 0.25) is 10.0 Å². The quantitative estimate of drug-likeness (QED) is 0.818. The SMILES string of the molecule is CC(C)CNC(=O)C(C)Oc1ccc(F)cc1S(N)(=O)=O. The molecule has 21 heavy (non-hydrogen) atoms. The fourth-order valence-corrected chi connectivity index (χ4v) is 2.17. The Morgan fingerprint density at radius 3 is 2.52 bits per heavy atom. The summed E-state index contributed by atoms with van der Waals surface area (Å²) in [7, 11) is -4.15. The fourth-order valence-electron chi connectivity index (χ4n) is 1.49. The van der Waals surface area contributed by atoms with Gasteiger partial charge in [0, 0.05) is 6.54 Å². The van der Waals surface area contributed by atoms with Gasteiger partial charge in [-0.1, -0.05) is 13.8 Å². The zero-order valence-corrected chi connectivity index (χ0v) is 12.9. The van der Waals surface area contributed by atoms with Crippen LogP contribution in [-0.2, 0) is 14.8 Å². The number of primary sulfonamides is 1. The molecule has 0 saturated heterocycles. The number of nitrogens with two attached hydrogens (primary N) is 1. The van der Waals surface area contributed by atoms with Crippen molar-refractivity contribution in [3.63, 3.8) is 0 Å². The van der Waals surface area contributed by atoms with Crippen LogP contribution in [0, 0.1) is 11.7 Å². The minimum absolute atomic E-state index is 0.161. The van der Waals surface area contributed by atoms with Crippen LogP contribution in [0.5, 0.6) is 5.75 Å². The third-order valence-corrected chi connectivity index (χ3v) is 3.50. The molecular weight excluding hydrogens is 299 g/mol. The van der Waals surface area contributed by atoms with Gasteiger partial charge < -0.3 is 10.1 Å². The fraction of sp³-hybridized carbons (Fsp3) is 0.462. The van der Waals surface area contributed by atoms with Gasteiger partial charge in [-0.25, -0.2) is 17.9 Å². The Bertz CT molecular complexity index is 617. The number of hydrogen-bond acceptors (Lipinski definition) is 4. The number of carbonyl (C=O) groups is 1. The van der Waals surface area contributed by atoms with Gasteiger partial charge in [-0.2, -0.15) is 0 Å². The predicted molar refractivity (Wildman–Crippen MR) is 75.7 cm³/mol. The number of halogens is 1. The lowest BCUT2D eigenvalue weighted by atomic mass is 10.2. The molecule has 8 heteroatoms. The first kappa shape index (κ1) is 17.4. The highest BCUT2D eigenvalue weighted by molar-refractivity contribution is 7.89. The third-order valence-electron chi connectivity index (χ3n) is 2.57. The monoisotopic (exact) mass is 318 g/mol. The number of amides is 1. The average Bonchev–Trinajstić information content (AvgIpc) is 2.36. The van der Waals surface area contributed by atoms with Gasteiger partial charge in [0.25, 0.3) is 5.91 Å². The van der Waals surface area contributed by atoms with Crippen molar-refractivity contribution in [2.45, 2.75) is 31.8 Å². The van der Waals surface area contributed by atoms with Crippen LogP contribution in [0.25, 0.3) is 0 Å². The summed E-state index contributed by atoms with van der Waals surface area (Å²) in [5, 5.41) is 7.65. The van der Waals surface area contributed by atoms with Gasteiger partial charge in [0.1, 0.15) is 16.5 Å². The Morgan fingerprint density at radius 1 is 1.38 bits per heavy atom. The van der Waals surface area contributed by atoms with Gasteiger partial charge in [-0.3, -0.25) is 4.79 Å². The van der Waals surface area contributed by atoms with E-state index < -0.39 is 32.7 Å². The van der Waals surface area contributed by atoms with Crippen molar-refractivity contribution in [3.05, 3.63) is 24.0 Å². The van der Waals surface area contributed by atoms with Crippen LogP contribution >= 0.6 is 0 Å². The molecule has 0 saturated carbocycles. The first-order chi connectivity index (χ1) is 9.61. The molecule has 0 radical (unpaired) electrons. The molecule has 118 valence electrons. The van der Waals surface area contributed by atoms with Crippen molar-refractivity contribution >= 4 is 15.9 Å². The van der Waals surface area contributed by atoms with Crippen molar-refractivity contribution in [1.29, 1.82) is 0 Å². The smallest absolute Gasteiger partial charge is 0.260 e. The molecule has 1 atom stereocenters. The van der Waals surface area contributed by atoms with Gasteiger partial charge >= 0.3 is 0 Å². The Labute approximate surface area is 123 Å². The second-order valence-corrected chi connectivity index (χ2v) is 6.56. The largest absolute Gasteiger partial charge is 0.479 e. The summed E-state index contributed by atoms with van der Waals surface area (Å²) in [6.45, 7) is 5.81. The minimum atomic E-state index is -4.15. The van der Waals surface area contributed by atoms with E-state index in [0.717, 1.165) is 18.2 Å². The molecule has 0 fully saturated rings. The second-order valence-electron chi connectivity index (χ2n) is 5.04. The number of hydrogen-bond donors (Lipinski definition) is 2. The van der Waals surface area contributed by atoms with Crippen LogP contribution in [0.3, 0.4) is 0 Å². The van der Waals surface area contributed by atoms with Crippen molar-refractivity contribution in [1.82, 2.24) is 5.32 Å². The zero-order chi connectivity index (χ0) is 16.2. The molecule has 1 unspecified atom stereocenters. The van der Waals surface area contributed by atoms with Crippen molar-refractivity contribution in [2.24, 2.45) is 11.1 Å². The van der Waals surface area contributed by atoms with E-state index in [0.29, 0.717) is 6.54 Å². The molecule has 0 heterocycles. The molecule has 0 aliphatic rings. The lowest BCUT2D eigenvalue weighted by Crippen LogP contribution is -2.38. The van der Waals surface area contributed by atoms with E-state index in [9.17, 15) is 17.6 Å². The minimum Gasteiger partial charge on any atom is -0.479 e. The molecule has 6 nitrogen and oxygen atoms in total. The molecule has 0 bridgehead atoms. The Morgan fingerprint density at radius 2 is 2.00 bits per heavy atom. The maximum Gasteiger partial charge on any atom is 0.260 e. The Kier molecular flexibility index (Phi) is 5.68. The molecule has 1 rings (SSSR count). The van der Waals surface area contributed by atoms with Gasteiger partial charge in [-0.15, -0.1) is 0 Å². The van der Waals surface area contributed by atoms with E-state index >= 15 is 0 Å². The van der Waals surface area contributed by atoms with E-state index in [1.807, 2.05) is 13.8 Å². The van der Waals surface area contributed by atoms with Crippen LogP contribution in [0.4, 0.5) is 4.39 Å². The molecule has 1 amide bonds. The number of nitrogens with one attached hydrogen (secondary N) is 1. The average molecular weight is 318 g/mol. The van der Waals surface area contributed by atoms with Gasteiger partial charge in [0.15, 0.2) is 6.10 Å². The highest BCUT2D eigenvalue weighted by Crippen LogP contribution is 2.24. The van der Waals surface area contributed by atoms with Crippen LogP contribution in [0.2, 0.25) is 0 Å². The lowest BCUT2D eigenvalue weighted by Gasteiger charge is -2.17. The van der Waals surface area contributed by atoms with Crippen LogP contribution in [0.15, 0.2) is 23.1 Å². The topological polar surface area (TPSA) is 98.5 Å². The van der Waals surface area contributed by atoms with Crippen LogP contribution in [-0.4, -0.2) is 27.0 Å². The summed E-state index contributed by atoms with van der Waals surface area (Å²) in [6, 6.07) is 2.91. The Hall–Kier alpha value is -1.67. The highest BCUT2D eigenvalue weighted by Gasteiger charge is 2.21.